The van der Waals surface area contributed by atoms with Crippen molar-refractivity contribution >= 4 is 16.9 Å². The summed E-state index contributed by atoms with van der Waals surface area (Å²) in [5, 5.41) is 0.604. The number of morpholine rings is 1. The quantitative estimate of drug-likeness (QED) is 0.779. The minimum atomic E-state index is -0.549. The zero-order chi connectivity index (χ0) is 14.8. The van der Waals surface area contributed by atoms with E-state index in [0.29, 0.717) is 48.6 Å². The second kappa shape index (κ2) is 5.57. The van der Waals surface area contributed by atoms with Crippen molar-refractivity contribution in [1.29, 1.82) is 0 Å². The molecule has 21 heavy (non-hydrogen) atoms. The fourth-order valence-corrected chi connectivity index (χ4v) is 2.38. The summed E-state index contributed by atoms with van der Waals surface area (Å²) in [6.45, 7) is 2.07. The van der Waals surface area contributed by atoms with E-state index in [4.69, 9.17) is 13.9 Å². The van der Waals surface area contributed by atoms with Gasteiger partial charge in [-0.1, -0.05) is 0 Å². The van der Waals surface area contributed by atoms with Crippen LogP contribution in [0.2, 0.25) is 0 Å². The highest BCUT2D eigenvalue weighted by Crippen LogP contribution is 2.23. The van der Waals surface area contributed by atoms with E-state index < -0.39 is 5.63 Å². The lowest BCUT2D eigenvalue weighted by Gasteiger charge is -2.27. The standard InChI is InChI=1S/C15H15NO5/c1-19-10-2-3-11-12(9-14(17)21-13(11)8-10)15(18)16-4-6-20-7-5-16/h2-3,8-9H,4-7H2,1H3. The van der Waals surface area contributed by atoms with E-state index in [9.17, 15) is 9.59 Å². The summed E-state index contributed by atoms with van der Waals surface area (Å²) >= 11 is 0. The van der Waals surface area contributed by atoms with Gasteiger partial charge in [0.15, 0.2) is 0 Å². The second-order valence-corrected chi connectivity index (χ2v) is 4.75. The Morgan fingerprint density at radius 3 is 2.71 bits per heavy atom. The first-order valence-electron chi connectivity index (χ1n) is 6.68. The number of hydrogen-bond acceptors (Lipinski definition) is 5. The lowest BCUT2D eigenvalue weighted by Crippen LogP contribution is -2.41. The van der Waals surface area contributed by atoms with Crippen LogP contribution in [-0.4, -0.2) is 44.2 Å². The summed E-state index contributed by atoms with van der Waals surface area (Å²) in [7, 11) is 1.53. The second-order valence-electron chi connectivity index (χ2n) is 4.75. The van der Waals surface area contributed by atoms with Gasteiger partial charge in [-0.2, -0.15) is 0 Å². The predicted molar refractivity (Wildman–Crippen MR) is 75.8 cm³/mol. The first-order chi connectivity index (χ1) is 10.2. The monoisotopic (exact) mass is 289 g/mol. The zero-order valence-corrected chi connectivity index (χ0v) is 11.6. The van der Waals surface area contributed by atoms with Gasteiger partial charge in [-0.25, -0.2) is 4.79 Å². The van der Waals surface area contributed by atoms with Gasteiger partial charge in [0, 0.05) is 30.6 Å². The third kappa shape index (κ3) is 2.62. The first-order valence-corrected chi connectivity index (χ1v) is 6.68. The lowest BCUT2D eigenvalue weighted by atomic mass is 10.1. The lowest BCUT2D eigenvalue weighted by molar-refractivity contribution is 0.0304. The number of methoxy groups -OCH3 is 1. The molecule has 110 valence electrons. The highest BCUT2D eigenvalue weighted by molar-refractivity contribution is 6.05. The van der Waals surface area contributed by atoms with Crippen LogP contribution in [0.5, 0.6) is 5.75 Å². The maximum Gasteiger partial charge on any atom is 0.337 e. The van der Waals surface area contributed by atoms with Gasteiger partial charge in [-0.05, 0) is 12.1 Å². The molecule has 6 heteroatoms. The molecule has 0 N–H and O–H groups in total. The van der Waals surface area contributed by atoms with E-state index in [-0.39, 0.29) is 5.91 Å². The molecule has 3 rings (SSSR count). The number of fused-ring (bicyclic) bond motifs is 1. The smallest absolute Gasteiger partial charge is 0.337 e. The van der Waals surface area contributed by atoms with Crippen molar-refractivity contribution in [3.05, 3.63) is 40.2 Å². The van der Waals surface area contributed by atoms with Crippen LogP contribution < -0.4 is 10.4 Å². The summed E-state index contributed by atoms with van der Waals surface area (Å²) in [6, 6.07) is 6.31. The number of amides is 1. The topological polar surface area (TPSA) is 69.0 Å². The van der Waals surface area contributed by atoms with Gasteiger partial charge in [0.1, 0.15) is 11.3 Å². The molecule has 0 bridgehead atoms. The largest absolute Gasteiger partial charge is 0.497 e. The maximum absolute atomic E-state index is 12.6. The van der Waals surface area contributed by atoms with Crippen LogP contribution in [-0.2, 0) is 4.74 Å². The Bertz CT molecular complexity index is 730. The van der Waals surface area contributed by atoms with E-state index >= 15 is 0 Å². The molecule has 1 aromatic heterocycles. The van der Waals surface area contributed by atoms with E-state index in [1.807, 2.05) is 0 Å². The van der Waals surface area contributed by atoms with E-state index in [2.05, 4.69) is 0 Å². The van der Waals surface area contributed by atoms with E-state index in [1.54, 1.807) is 23.1 Å². The summed E-state index contributed by atoms with van der Waals surface area (Å²) < 4.78 is 15.5. The van der Waals surface area contributed by atoms with Gasteiger partial charge in [0.2, 0.25) is 0 Å². The molecule has 2 heterocycles. The normalized spacial score (nSPS) is 15.2. The molecule has 2 aromatic rings. The Morgan fingerprint density at radius 2 is 2.00 bits per heavy atom. The van der Waals surface area contributed by atoms with Gasteiger partial charge in [-0.3, -0.25) is 4.79 Å². The zero-order valence-electron chi connectivity index (χ0n) is 11.6. The van der Waals surface area contributed by atoms with Crippen LogP contribution in [0.3, 0.4) is 0 Å². The van der Waals surface area contributed by atoms with Crippen LogP contribution in [0.4, 0.5) is 0 Å². The highest BCUT2D eigenvalue weighted by atomic mass is 16.5. The SMILES string of the molecule is COc1ccc2c(C(=O)N3CCOCC3)cc(=O)oc2c1. The molecule has 0 radical (unpaired) electrons. The van der Waals surface area contributed by atoms with Crippen LogP contribution in [0.15, 0.2) is 33.5 Å². The molecule has 0 atom stereocenters. The minimum absolute atomic E-state index is 0.179. The number of rotatable bonds is 2. The van der Waals surface area contributed by atoms with Gasteiger partial charge in [0.05, 0.1) is 25.9 Å². The number of ether oxygens (including phenoxy) is 2. The molecule has 1 aliphatic rings. The van der Waals surface area contributed by atoms with Crippen LogP contribution >= 0.6 is 0 Å². The molecule has 0 spiro atoms. The van der Waals surface area contributed by atoms with Crippen LogP contribution in [0.1, 0.15) is 10.4 Å². The molecule has 1 amide bonds. The molecule has 1 aromatic carbocycles. The molecule has 1 fully saturated rings. The van der Waals surface area contributed by atoms with Crippen LogP contribution in [0, 0.1) is 0 Å². The summed E-state index contributed by atoms with van der Waals surface area (Å²) in [5.41, 5.74) is 0.150. The molecular formula is C15H15NO5. The molecule has 6 nitrogen and oxygen atoms in total. The van der Waals surface area contributed by atoms with Crippen molar-refractivity contribution in [3.63, 3.8) is 0 Å². The molecular weight excluding hydrogens is 274 g/mol. The molecule has 0 saturated carbocycles. The Morgan fingerprint density at radius 1 is 1.24 bits per heavy atom. The molecule has 1 saturated heterocycles. The number of carbonyl (C=O) groups excluding carboxylic acids is 1. The summed E-state index contributed by atoms with van der Waals surface area (Å²) in [6.07, 6.45) is 0. The molecule has 0 aliphatic carbocycles. The van der Waals surface area contributed by atoms with Gasteiger partial charge in [0.25, 0.3) is 5.91 Å². The maximum atomic E-state index is 12.6. The Kier molecular flexibility index (Phi) is 3.62. The average Bonchev–Trinajstić information content (AvgIpc) is 2.53. The van der Waals surface area contributed by atoms with Crippen molar-refractivity contribution in [2.75, 3.05) is 33.4 Å². The third-order valence-corrected chi connectivity index (χ3v) is 3.48. The van der Waals surface area contributed by atoms with Gasteiger partial charge < -0.3 is 18.8 Å². The fourth-order valence-electron chi connectivity index (χ4n) is 2.38. The highest BCUT2D eigenvalue weighted by Gasteiger charge is 2.21. The van der Waals surface area contributed by atoms with Gasteiger partial charge in [-0.15, -0.1) is 0 Å². The van der Waals surface area contributed by atoms with Crippen LogP contribution in [0.25, 0.3) is 11.0 Å². The minimum Gasteiger partial charge on any atom is -0.497 e. The van der Waals surface area contributed by atoms with Crippen molar-refractivity contribution in [2.45, 2.75) is 0 Å². The Balaban J connectivity index is 2.08. The molecule has 1 aliphatic heterocycles. The van der Waals surface area contributed by atoms with Crippen molar-refractivity contribution in [1.82, 2.24) is 4.90 Å². The summed E-state index contributed by atoms with van der Waals surface area (Å²) in [4.78, 5) is 25.9. The first kappa shape index (κ1) is 13.6. The number of nitrogens with zero attached hydrogens (tertiary/aromatic N) is 1. The molecule has 0 unspecified atom stereocenters. The third-order valence-electron chi connectivity index (χ3n) is 3.48. The van der Waals surface area contributed by atoms with E-state index in [1.165, 1.54) is 13.2 Å². The van der Waals surface area contributed by atoms with Gasteiger partial charge >= 0.3 is 5.63 Å². The number of carbonyl (C=O) groups is 1. The number of benzene rings is 1. The Hall–Kier alpha value is -2.34. The van der Waals surface area contributed by atoms with Crippen molar-refractivity contribution < 1.29 is 18.7 Å². The summed E-state index contributed by atoms with van der Waals surface area (Å²) in [5.74, 6) is 0.392. The fraction of sp³-hybridized carbons (Fsp3) is 0.333. The predicted octanol–water partition coefficient (Wildman–Crippen LogP) is 1.27. The number of hydrogen-bond donors (Lipinski definition) is 0. The van der Waals surface area contributed by atoms with Crippen molar-refractivity contribution in [3.8, 4) is 5.75 Å². The Labute approximate surface area is 120 Å². The average molecular weight is 289 g/mol. The van der Waals surface area contributed by atoms with Crippen molar-refractivity contribution in [2.24, 2.45) is 0 Å². The van der Waals surface area contributed by atoms with E-state index in [0.717, 1.165) is 0 Å².